The van der Waals surface area contributed by atoms with E-state index in [2.05, 4.69) is 46.4 Å². The second kappa shape index (κ2) is 6.26. The number of nitrogens with one attached hydrogen (secondary N) is 1. The SMILES string of the molecule is Cc1ccc(CNCCC(C)O)c(Br)c1. The van der Waals surface area contributed by atoms with Crippen molar-refractivity contribution in [1.82, 2.24) is 5.32 Å². The third-order valence-electron chi connectivity index (χ3n) is 2.26. The molecule has 1 rings (SSSR count). The molecule has 0 amide bonds. The molecular formula is C12H18BrNO. The number of aliphatic hydroxyl groups is 1. The van der Waals surface area contributed by atoms with Crippen molar-refractivity contribution in [1.29, 1.82) is 0 Å². The fourth-order valence-corrected chi connectivity index (χ4v) is 1.96. The summed E-state index contributed by atoms with van der Waals surface area (Å²) in [5, 5.41) is 12.4. The molecule has 1 aromatic carbocycles. The zero-order valence-corrected chi connectivity index (χ0v) is 10.8. The Bertz CT molecular complexity index is 312. The molecule has 1 atom stereocenters. The lowest BCUT2D eigenvalue weighted by atomic mass is 10.1. The maximum absolute atomic E-state index is 9.09. The van der Waals surface area contributed by atoms with Crippen LogP contribution < -0.4 is 5.32 Å². The first-order valence-corrected chi connectivity index (χ1v) is 6.02. The molecule has 0 aliphatic carbocycles. The molecule has 0 spiro atoms. The van der Waals surface area contributed by atoms with Gasteiger partial charge < -0.3 is 10.4 Å². The van der Waals surface area contributed by atoms with E-state index < -0.39 is 0 Å². The number of halogens is 1. The van der Waals surface area contributed by atoms with Gasteiger partial charge in [0.15, 0.2) is 0 Å². The zero-order valence-electron chi connectivity index (χ0n) is 9.26. The Balaban J connectivity index is 2.37. The molecule has 0 aliphatic heterocycles. The summed E-state index contributed by atoms with van der Waals surface area (Å²) in [5.74, 6) is 0. The molecule has 3 heteroatoms. The van der Waals surface area contributed by atoms with Gasteiger partial charge >= 0.3 is 0 Å². The number of hydrogen-bond donors (Lipinski definition) is 2. The summed E-state index contributed by atoms with van der Waals surface area (Å²) in [4.78, 5) is 0. The van der Waals surface area contributed by atoms with Gasteiger partial charge in [-0.1, -0.05) is 28.1 Å². The molecule has 0 saturated carbocycles. The van der Waals surface area contributed by atoms with Gasteiger partial charge in [-0.2, -0.15) is 0 Å². The fourth-order valence-electron chi connectivity index (χ4n) is 1.33. The predicted octanol–water partition coefficient (Wildman–Crippen LogP) is 2.62. The molecule has 2 N–H and O–H groups in total. The van der Waals surface area contributed by atoms with Gasteiger partial charge in [-0.15, -0.1) is 0 Å². The van der Waals surface area contributed by atoms with Gasteiger partial charge in [0.1, 0.15) is 0 Å². The van der Waals surface area contributed by atoms with Crippen molar-refractivity contribution in [2.45, 2.75) is 32.9 Å². The van der Waals surface area contributed by atoms with E-state index in [1.54, 1.807) is 0 Å². The van der Waals surface area contributed by atoms with Crippen molar-refractivity contribution in [2.24, 2.45) is 0 Å². The van der Waals surface area contributed by atoms with Gasteiger partial charge in [-0.3, -0.25) is 0 Å². The van der Waals surface area contributed by atoms with Gasteiger partial charge in [0.2, 0.25) is 0 Å². The number of rotatable bonds is 5. The highest BCUT2D eigenvalue weighted by Crippen LogP contribution is 2.17. The molecule has 84 valence electrons. The van der Waals surface area contributed by atoms with E-state index >= 15 is 0 Å². The molecular weight excluding hydrogens is 254 g/mol. The van der Waals surface area contributed by atoms with Crippen LogP contribution in [0.3, 0.4) is 0 Å². The Labute approximate surface area is 99.8 Å². The summed E-state index contributed by atoms with van der Waals surface area (Å²) in [5.41, 5.74) is 2.51. The van der Waals surface area contributed by atoms with E-state index in [1.807, 2.05) is 6.92 Å². The maximum Gasteiger partial charge on any atom is 0.0524 e. The molecule has 0 saturated heterocycles. The first kappa shape index (κ1) is 12.7. The minimum absolute atomic E-state index is 0.223. The van der Waals surface area contributed by atoms with Gasteiger partial charge in [0, 0.05) is 11.0 Å². The largest absolute Gasteiger partial charge is 0.393 e. The molecule has 0 bridgehead atoms. The lowest BCUT2D eigenvalue weighted by Gasteiger charge is -2.08. The Hall–Kier alpha value is -0.380. The van der Waals surface area contributed by atoms with Crippen LogP contribution in [-0.4, -0.2) is 17.8 Å². The Morgan fingerprint density at radius 1 is 1.47 bits per heavy atom. The van der Waals surface area contributed by atoms with Gasteiger partial charge in [-0.25, -0.2) is 0 Å². The minimum atomic E-state index is -0.223. The van der Waals surface area contributed by atoms with Crippen LogP contribution in [0, 0.1) is 6.92 Å². The van der Waals surface area contributed by atoms with E-state index in [1.165, 1.54) is 11.1 Å². The number of aryl methyl sites for hydroxylation is 1. The van der Waals surface area contributed by atoms with Crippen molar-refractivity contribution in [2.75, 3.05) is 6.54 Å². The smallest absolute Gasteiger partial charge is 0.0524 e. The summed E-state index contributed by atoms with van der Waals surface area (Å²) in [6.07, 6.45) is 0.572. The minimum Gasteiger partial charge on any atom is -0.393 e. The van der Waals surface area contributed by atoms with Crippen LogP contribution in [0.5, 0.6) is 0 Å². The molecule has 0 aromatic heterocycles. The predicted molar refractivity (Wildman–Crippen MR) is 66.9 cm³/mol. The molecule has 0 heterocycles. The van der Waals surface area contributed by atoms with Gasteiger partial charge in [-0.05, 0) is 44.0 Å². The monoisotopic (exact) mass is 271 g/mol. The highest BCUT2D eigenvalue weighted by atomic mass is 79.9. The first-order chi connectivity index (χ1) is 7.09. The van der Waals surface area contributed by atoms with Crippen LogP contribution in [0.4, 0.5) is 0 Å². The summed E-state index contributed by atoms with van der Waals surface area (Å²) in [6.45, 7) is 5.57. The Kier molecular flexibility index (Phi) is 5.29. The molecule has 2 nitrogen and oxygen atoms in total. The summed E-state index contributed by atoms with van der Waals surface area (Å²) >= 11 is 3.54. The highest BCUT2D eigenvalue weighted by molar-refractivity contribution is 9.10. The number of aliphatic hydroxyl groups excluding tert-OH is 1. The van der Waals surface area contributed by atoms with Gasteiger partial charge in [0.25, 0.3) is 0 Å². The Morgan fingerprint density at radius 2 is 2.20 bits per heavy atom. The van der Waals surface area contributed by atoms with Crippen molar-refractivity contribution < 1.29 is 5.11 Å². The van der Waals surface area contributed by atoms with Crippen LogP contribution in [0.1, 0.15) is 24.5 Å². The van der Waals surface area contributed by atoms with Gasteiger partial charge in [0.05, 0.1) is 6.10 Å². The average molecular weight is 272 g/mol. The lowest BCUT2D eigenvalue weighted by molar-refractivity contribution is 0.183. The summed E-state index contributed by atoms with van der Waals surface area (Å²) in [6, 6.07) is 6.34. The van der Waals surface area contributed by atoms with E-state index in [-0.39, 0.29) is 6.10 Å². The van der Waals surface area contributed by atoms with E-state index in [4.69, 9.17) is 5.11 Å². The maximum atomic E-state index is 9.09. The highest BCUT2D eigenvalue weighted by Gasteiger charge is 2.00. The molecule has 0 aliphatic rings. The Morgan fingerprint density at radius 3 is 2.80 bits per heavy atom. The topological polar surface area (TPSA) is 32.3 Å². The summed E-state index contributed by atoms with van der Waals surface area (Å²) in [7, 11) is 0. The van der Waals surface area contributed by atoms with Crippen LogP contribution in [0.25, 0.3) is 0 Å². The second-order valence-corrected chi connectivity index (χ2v) is 4.76. The molecule has 1 aromatic rings. The third-order valence-corrected chi connectivity index (χ3v) is 3.00. The average Bonchev–Trinajstić information content (AvgIpc) is 2.14. The fraction of sp³-hybridized carbons (Fsp3) is 0.500. The molecule has 15 heavy (non-hydrogen) atoms. The normalized spacial score (nSPS) is 12.8. The van der Waals surface area contributed by atoms with E-state index in [9.17, 15) is 0 Å². The van der Waals surface area contributed by atoms with Crippen molar-refractivity contribution in [3.05, 3.63) is 33.8 Å². The lowest BCUT2D eigenvalue weighted by Crippen LogP contribution is -2.18. The summed E-state index contributed by atoms with van der Waals surface area (Å²) < 4.78 is 1.15. The van der Waals surface area contributed by atoms with E-state index in [0.29, 0.717) is 0 Å². The van der Waals surface area contributed by atoms with E-state index in [0.717, 1.165) is 24.0 Å². The molecule has 0 fully saturated rings. The van der Waals surface area contributed by atoms with Crippen LogP contribution >= 0.6 is 15.9 Å². The third kappa shape index (κ3) is 4.78. The quantitative estimate of drug-likeness (QED) is 0.808. The van der Waals surface area contributed by atoms with Crippen molar-refractivity contribution in [3.8, 4) is 0 Å². The second-order valence-electron chi connectivity index (χ2n) is 3.91. The van der Waals surface area contributed by atoms with Crippen LogP contribution in [-0.2, 0) is 6.54 Å². The van der Waals surface area contributed by atoms with Crippen LogP contribution in [0.2, 0.25) is 0 Å². The zero-order chi connectivity index (χ0) is 11.3. The van der Waals surface area contributed by atoms with Crippen molar-refractivity contribution in [3.63, 3.8) is 0 Å². The first-order valence-electron chi connectivity index (χ1n) is 5.23. The van der Waals surface area contributed by atoms with Crippen molar-refractivity contribution >= 4 is 15.9 Å². The number of benzene rings is 1. The standard InChI is InChI=1S/C12H18BrNO/c1-9-3-4-11(12(13)7-9)8-14-6-5-10(2)15/h3-4,7,10,14-15H,5-6,8H2,1-2H3. The molecule has 1 unspecified atom stereocenters. The number of hydrogen-bond acceptors (Lipinski definition) is 2. The molecule has 0 radical (unpaired) electrons. The van der Waals surface area contributed by atoms with Crippen LogP contribution in [0.15, 0.2) is 22.7 Å².